The highest BCUT2D eigenvalue weighted by Gasteiger charge is 1.89. The average molecular weight is 210 g/mol. The lowest BCUT2D eigenvalue weighted by molar-refractivity contribution is 0.635. The molecule has 0 rings (SSSR count). The maximum absolute atomic E-state index is 3.68. The molecule has 0 saturated carbocycles. The molecule has 0 nitrogen and oxygen atoms in total. The highest BCUT2D eigenvalue weighted by molar-refractivity contribution is 4.73. The summed E-state index contributed by atoms with van der Waals surface area (Å²) in [5.74, 6) is 0.713. The fourth-order valence-electron chi connectivity index (χ4n) is 1.29. The molecule has 0 heterocycles. The Balaban J connectivity index is 0. The van der Waals surface area contributed by atoms with E-state index in [1.807, 2.05) is 12.2 Å². The molecule has 0 aromatic heterocycles. The Labute approximate surface area is 97.5 Å². The molecule has 15 heavy (non-hydrogen) atoms. The summed E-state index contributed by atoms with van der Waals surface area (Å²) < 4.78 is 0. The van der Waals surface area contributed by atoms with Crippen LogP contribution in [-0.2, 0) is 0 Å². The molecular formula is C15H30. The van der Waals surface area contributed by atoms with Crippen molar-refractivity contribution in [3.63, 3.8) is 0 Å². The van der Waals surface area contributed by atoms with Gasteiger partial charge in [0.15, 0.2) is 0 Å². The van der Waals surface area contributed by atoms with Gasteiger partial charge in [-0.3, -0.25) is 0 Å². The van der Waals surface area contributed by atoms with Crippen LogP contribution in [0.15, 0.2) is 25.3 Å². The predicted octanol–water partition coefficient (Wildman–Crippen LogP) is 5.75. The van der Waals surface area contributed by atoms with Crippen molar-refractivity contribution in [3.05, 3.63) is 25.3 Å². The fourth-order valence-corrected chi connectivity index (χ4v) is 1.29. The Kier molecular flexibility index (Phi) is 17.9. The van der Waals surface area contributed by atoms with E-state index in [4.69, 9.17) is 0 Å². The normalized spacial score (nSPS) is 11.1. The van der Waals surface area contributed by atoms with E-state index in [9.17, 15) is 0 Å². The van der Waals surface area contributed by atoms with E-state index in [2.05, 4.69) is 33.9 Å². The van der Waals surface area contributed by atoms with E-state index in [0.717, 1.165) is 0 Å². The van der Waals surface area contributed by atoms with Crippen LogP contribution in [0.4, 0.5) is 0 Å². The molecule has 1 atom stereocenters. The van der Waals surface area contributed by atoms with Gasteiger partial charge in [0.05, 0.1) is 0 Å². The number of hydrogen-bond donors (Lipinski definition) is 0. The van der Waals surface area contributed by atoms with E-state index in [1.165, 1.54) is 44.9 Å². The first-order valence-corrected chi connectivity index (χ1v) is 6.46. The molecule has 90 valence electrons. The van der Waals surface area contributed by atoms with Crippen molar-refractivity contribution in [2.75, 3.05) is 0 Å². The van der Waals surface area contributed by atoms with Gasteiger partial charge in [0.1, 0.15) is 0 Å². The summed E-state index contributed by atoms with van der Waals surface area (Å²) >= 11 is 0. The van der Waals surface area contributed by atoms with E-state index in [1.54, 1.807) is 0 Å². The van der Waals surface area contributed by atoms with Gasteiger partial charge in [-0.05, 0) is 25.2 Å². The molecule has 0 saturated heterocycles. The van der Waals surface area contributed by atoms with E-state index in [-0.39, 0.29) is 0 Å². The zero-order chi connectivity index (χ0) is 11.9. The minimum Gasteiger partial charge on any atom is -0.103 e. The smallest absolute Gasteiger partial charge is 0.0265 e. The lowest BCUT2D eigenvalue weighted by Crippen LogP contribution is -1.84. The minimum atomic E-state index is 0.713. The molecule has 0 bridgehead atoms. The Morgan fingerprint density at radius 1 is 1.00 bits per heavy atom. The molecule has 0 aliphatic heterocycles. The molecular weight excluding hydrogens is 180 g/mol. The molecule has 0 radical (unpaired) electrons. The van der Waals surface area contributed by atoms with Gasteiger partial charge in [-0.25, -0.2) is 0 Å². The van der Waals surface area contributed by atoms with Crippen molar-refractivity contribution < 1.29 is 0 Å². The first-order chi connectivity index (χ1) is 7.22. The van der Waals surface area contributed by atoms with E-state index >= 15 is 0 Å². The van der Waals surface area contributed by atoms with Gasteiger partial charge in [0.2, 0.25) is 0 Å². The maximum Gasteiger partial charge on any atom is -0.0265 e. The number of rotatable bonds is 8. The van der Waals surface area contributed by atoms with Crippen molar-refractivity contribution in [3.8, 4) is 0 Å². The highest BCUT2D eigenvalue weighted by atomic mass is 13.9. The summed E-state index contributed by atoms with van der Waals surface area (Å²) in [6.07, 6.45) is 13.2. The molecule has 0 spiro atoms. The second-order valence-electron chi connectivity index (χ2n) is 4.14. The first-order valence-electron chi connectivity index (χ1n) is 6.46. The molecule has 0 fully saturated rings. The van der Waals surface area contributed by atoms with E-state index < -0.39 is 0 Å². The maximum atomic E-state index is 3.68. The van der Waals surface area contributed by atoms with Crippen LogP contribution in [0, 0.1) is 5.92 Å². The third-order valence-corrected chi connectivity index (χ3v) is 2.41. The van der Waals surface area contributed by atoms with Crippen LogP contribution in [-0.4, -0.2) is 0 Å². The molecule has 0 aliphatic carbocycles. The summed E-state index contributed by atoms with van der Waals surface area (Å²) in [5, 5.41) is 0. The molecule has 1 unspecified atom stereocenters. The van der Waals surface area contributed by atoms with Gasteiger partial charge in [-0.2, -0.15) is 0 Å². The lowest BCUT2D eigenvalue weighted by Gasteiger charge is -1.98. The molecule has 0 aromatic rings. The van der Waals surface area contributed by atoms with Crippen molar-refractivity contribution >= 4 is 0 Å². The first kappa shape index (κ1) is 16.9. The molecule has 0 aromatic carbocycles. The molecule has 0 N–H and O–H groups in total. The lowest BCUT2D eigenvalue weighted by atomic mass is 10.1. The Bertz CT molecular complexity index is 124. The van der Waals surface area contributed by atoms with Gasteiger partial charge in [0, 0.05) is 0 Å². The molecule has 0 aliphatic rings. The Morgan fingerprint density at radius 3 is 2.00 bits per heavy atom. The fraction of sp³-hybridized carbons (Fsp3) is 0.733. The number of hydrogen-bond acceptors (Lipinski definition) is 0. The van der Waals surface area contributed by atoms with Crippen molar-refractivity contribution in [1.29, 1.82) is 0 Å². The zero-order valence-corrected chi connectivity index (χ0v) is 11.1. The predicted molar refractivity (Wildman–Crippen MR) is 73.2 cm³/mol. The summed E-state index contributed by atoms with van der Waals surface area (Å²) in [5.41, 5.74) is 0. The van der Waals surface area contributed by atoms with Gasteiger partial charge in [-0.1, -0.05) is 58.6 Å². The summed E-state index contributed by atoms with van der Waals surface area (Å²) in [7, 11) is 0. The zero-order valence-electron chi connectivity index (χ0n) is 11.1. The second-order valence-corrected chi connectivity index (χ2v) is 4.14. The van der Waals surface area contributed by atoms with Gasteiger partial charge < -0.3 is 0 Å². The van der Waals surface area contributed by atoms with Crippen molar-refractivity contribution in [2.24, 2.45) is 5.92 Å². The third-order valence-electron chi connectivity index (χ3n) is 2.41. The SMILES string of the molecule is C=CC(C)CCC.C=CCCCCCC. The second kappa shape index (κ2) is 15.9. The van der Waals surface area contributed by atoms with Crippen molar-refractivity contribution in [2.45, 2.75) is 65.7 Å². The summed E-state index contributed by atoms with van der Waals surface area (Å²) in [6.45, 7) is 14.0. The van der Waals surface area contributed by atoms with Crippen LogP contribution in [0.25, 0.3) is 0 Å². The van der Waals surface area contributed by atoms with Crippen LogP contribution in [0.1, 0.15) is 65.7 Å². The highest BCUT2D eigenvalue weighted by Crippen LogP contribution is 2.03. The quantitative estimate of drug-likeness (QED) is 0.353. The summed E-state index contributed by atoms with van der Waals surface area (Å²) in [4.78, 5) is 0. The van der Waals surface area contributed by atoms with Crippen LogP contribution >= 0.6 is 0 Å². The number of allylic oxidation sites excluding steroid dienone is 2. The van der Waals surface area contributed by atoms with Crippen LogP contribution in [0.2, 0.25) is 0 Å². The molecule has 0 amide bonds. The topological polar surface area (TPSA) is 0 Å². The largest absolute Gasteiger partial charge is 0.103 e. The average Bonchev–Trinajstić information content (AvgIpc) is 2.26. The van der Waals surface area contributed by atoms with Crippen molar-refractivity contribution in [1.82, 2.24) is 0 Å². The minimum absolute atomic E-state index is 0.713. The monoisotopic (exact) mass is 210 g/mol. The Hall–Kier alpha value is -0.520. The van der Waals surface area contributed by atoms with Gasteiger partial charge >= 0.3 is 0 Å². The molecule has 0 heteroatoms. The Morgan fingerprint density at radius 2 is 1.67 bits per heavy atom. The van der Waals surface area contributed by atoms with Crippen LogP contribution in [0.5, 0.6) is 0 Å². The van der Waals surface area contributed by atoms with Crippen LogP contribution < -0.4 is 0 Å². The van der Waals surface area contributed by atoms with Gasteiger partial charge in [-0.15, -0.1) is 13.2 Å². The third kappa shape index (κ3) is 19.8. The van der Waals surface area contributed by atoms with Crippen LogP contribution in [0.3, 0.4) is 0 Å². The summed E-state index contributed by atoms with van der Waals surface area (Å²) in [6, 6.07) is 0. The standard InChI is InChI=1S/C8H16.C7H14/c1-3-5-7-8-6-4-2;1-4-6-7(3)5-2/h3H,1,4-8H2,2H3;5,7H,2,4,6H2,1,3H3. The number of unbranched alkanes of at least 4 members (excludes halogenated alkanes) is 4. The van der Waals surface area contributed by atoms with Gasteiger partial charge in [0.25, 0.3) is 0 Å². The van der Waals surface area contributed by atoms with E-state index in [0.29, 0.717) is 5.92 Å².